The minimum absolute atomic E-state index is 0.243. The van der Waals surface area contributed by atoms with Crippen LogP contribution in [0.1, 0.15) is 12.8 Å². The van der Waals surface area contributed by atoms with Gasteiger partial charge in [-0.15, -0.1) is 0 Å². The fraction of sp³-hybridized carbons (Fsp3) is 0.500. The Morgan fingerprint density at radius 1 is 1.29 bits per heavy atom. The van der Waals surface area contributed by atoms with Crippen molar-refractivity contribution in [2.75, 3.05) is 31.3 Å². The van der Waals surface area contributed by atoms with Gasteiger partial charge in [0.1, 0.15) is 0 Å². The van der Waals surface area contributed by atoms with Crippen molar-refractivity contribution in [2.45, 2.75) is 17.7 Å². The molecule has 0 atom stereocenters. The zero-order valence-electron chi connectivity index (χ0n) is 11.8. The molecule has 2 rings (SSSR count). The molecule has 0 unspecified atom stereocenters. The van der Waals surface area contributed by atoms with Crippen LogP contribution in [0.2, 0.25) is 0 Å². The number of hydrogen-bond donors (Lipinski definition) is 2. The molecule has 1 heterocycles. The summed E-state index contributed by atoms with van der Waals surface area (Å²) >= 11 is 0. The lowest BCUT2D eigenvalue weighted by Gasteiger charge is -2.33. The monoisotopic (exact) mass is 313 g/mol. The third-order valence-electron chi connectivity index (χ3n) is 3.82. The molecule has 21 heavy (non-hydrogen) atoms. The van der Waals surface area contributed by atoms with Crippen LogP contribution in [0.4, 0.5) is 5.69 Å². The summed E-state index contributed by atoms with van der Waals surface area (Å²) in [5.74, 6) is -0.828. The molecule has 0 saturated carbocycles. The van der Waals surface area contributed by atoms with Crippen LogP contribution in [0.15, 0.2) is 29.2 Å². The Bertz CT molecular complexity index is 603. The van der Waals surface area contributed by atoms with Crippen molar-refractivity contribution in [3.63, 3.8) is 0 Å². The van der Waals surface area contributed by atoms with Gasteiger partial charge in [-0.25, -0.2) is 8.42 Å². The number of anilines is 1. The highest BCUT2D eigenvalue weighted by atomic mass is 32.2. The SMILES string of the molecule is CS(=O)(=O)c1ccc(NCC2(C(=O)O)CCOCC2)cc1. The molecule has 1 fully saturated rings. The number of hydrogen-bond acceptors (Lipinski definition) is 5. The lowest BCUT2D eigenvalue weighted by molar-refractivity contribution is -0.153. The Kier molecular flexibility index (Phi) is 4.53. The van der Waals surface area contributed by atoms with E-state index in [1.165, 1.54) is 12.1 Å². The van der Waals surface area contributed by atoms with Crippen molar-refractivity contribution < 1.29 is 23.1 Å². The van der Waals surface area contributed by atoms with Crippen LogP contribution in [0.3, 0.4) is 0 Å². The number of carbonyl (C=O) groups is 1. The van der Waals surface area contributed by atoms with E-state index >= 15 is 0 Å². The lowest BCUT2D eigenvalue weighted by Crippen LogP contribution is -2.42. The molecular formula is C14H19NO5S. The van der Waals surface area contributed by atoms with Crippen molar-refractivity contribution in [2.24, 2.45) is 5.41 Å². The van der Waals surface area contributed by atoms with Crippen LogP contribution >= 0.6 is 0 Å². The fourth-order valence-electron chi connectivity index (χ4n) is 2.32. The van der Waals surface area contributed by atoms with Crippen LogP contribution in [0, 0.1) is 5.41 Å². The first-order valence-corrected chi connectivity index (χ1v) is 8.58. The molecule has 0 amide bonds. The van der Waals surface area contributed by atoms with Crippen molar-refractivity contribution >= 4 is 21.5 Å². The Balaban J connectivity index is 2.06. The zero-order chi connectivity index (χ0) is 15.5. The average molecular weight is 313 g/mol. The van der Waals surface area contributed by atoms with Gasteiger partial charge in [0.2, 0.25) is 0 Å². The summed E-state index contributed by atoms with van der Waals surface area (Å²) in [4.78, 5) is 11.8. The van der Waals surface area contributed by atoms with E-state index in [-0.39, 0.29) is 4.90 Å². The topological polar surface area (TPSA) is 92.7 Å². The molecule has 1 aliphatic rings. The predicted molar refractivity (Wildman–Crippen MR) is 78.2 cm³/mol. The summed E-state index contributed by atoms with van der Waals surface area (Å²) in [7, 11) is -3.22. The summed E-state index contributed by atoms with van der Waals surface area (Å²) in [5.41, 5.74) is -0.122. The van der Waals surface area contributed by atoms with E-state index in [0.717, 1.165) is 6.26 Å². The molecule has 0 spiro atoms. The first-order chi connectivity index (χ1) is 9.83. The maximum Gasteiger partial charge on any atom is 0.311 e. The number of rotatable bonds is 5. The maximum absolute atomic E-state index is 11.5. The van der Waals surface area contributed by atoms with E-state index in [1.54, 1.807) is 12.1 Å². The minimum Gasteiger partial charge on any atom is -0.481 e. The number of nitrogens with one attached hydrogen (secondary N) is 1. The smallest absolute Gasteiger partial charge is 0.311 e. The summed E-state index contributed by atoms with van der Waals surface area (Å²) in [6.45, 7) is 1.19. The number of carboxylic acid groups (broad SMARTS) is 1. The van der Waals surface area contributed by atoms with Crippen molar-refractivity contribution in [1.82, 2.24) is 0 Å². The van der Waals surface area contributed by atoms with Crippen molar-refractivity contribution in [1.29, 1.82) is 0 Å². The minimum atomic E-state index is -3.22. The number of benzene rings is 1. The number of ether oxygens (including phenoxy) is 1. The number of aliphatic carboxylic acids is 1. The van der Waals surface area contributed by atoms with Gasteiger partial charge in [-0.1, -0.05) is 0 Å². The van der Waals surface area contributed by atoms with E-state index in [9.17, 15) is 18.3 Å². The molecule has 0 bridgehead atoms. The van der Waals surface area contributed by atoms with Gasteiger partial charge < -0.3 is 15.2 Å². The van der Waals surface area contributed by atoms with Gasteiger partial charge in [0, 0.05) is 31.7 Å². The van der Waals surface area contributed by atoms with Gasteiger partial charge in [-0.05, 0) is 37.1 Å². The number of sulfone groups is 1. The first-order valence-electron chi connectivity index (χ1n) is 6.69. The van der Waals surface area contributed by atoms with Gasteiger partial charge in [0.15, 0.2) is 9.84 Å². The summed E-state index contributed by atoms with van der Waals surface area (Å²) < 4.78 is 28.0. The van der Waals surface area contributed by atoms with E-state index in [4.69, 9.17) is 4.74 Å². The summed E-state index contributed by atoms with van der Waals surface area (Å²) in [6.07, 6.45) is 2.09. The average Bonchev–Trinajstić information content (AvgIpc) is 2.45. The quantitative estimate of drug-likeness (QED) is 0.853. The standard InChI is InChI=1S/C14H19NO5S/c1-21(18,19)12-4-2-11(3-5-12)15-10-14(13(16)17)6-8-20-9-7-14/h2-5,15H,6-10H2,1H3,(H,16,17). The van der Waals surface area contributed by atoms with Crippen molar-refractivity contribution in [3.05, 3.63) is 24.3 Å². The molecule has 1 aromatic carbocycles. The molecule has 6 nitrogen and oxygen atoms in total. The van der Waals surface area contributed by atoms with Gasteiger partial charge in [-0.3, -0.25) is 4.79 Å². The molecular weight excluding hydrogens is 294 g/mol. The molecule has 1 aromatic rings. The Hall–Kier alpha value is -1.60. The van der Waals surface area contributed by atoms with Crippen LogP contribution in [0.5, 0.6) is 0 Å². The van der Waals surface area contributed by atoms with E-state index in [2.05, 4.69) is 5.32 Å². The maximum atomic E-state index is 11.5. The van der Waals surface area contributed by atoms with E-state index in [1.807, 2.05) is 0 Å². The van der Waals surface area contributed by atoms with E-state index < -0.39 is 21.2 Å². The highest BCUT2D eigenvalue weighted by Gasteiger charge is 2.39. The first kappa shape index (κ1) is 15.8. The van der Waals surface area contributed by atoms with Gasteiger partial charge in [0.05, 0.1) is 10.3 Å². The largest absolute Gasteiger partial charge is 0.481 e. The molecule has 1 saturated heterocycles. The third kappa shape index (κ3) is 3.74. The molecule has 0 aromatic heterocycles. The summed E-state index contributed by atoms with van der Waals surface area (Å²) in [6, 6.07) is 6.31. The van der Waals surface area contributed by atoms with Crippen LogP contribution in [-0.4, -0.2) is 45.5 Å². The predicted octanol–water partition coefficient (Wildman–Crippen LogP) is 1.38. The van der Waals surface area contributed by atoms with Crippen LogP contribution in [-0.2, 0) is 19.4 Å². The van der Waals surface area contributed by atoms with E-state index in [0.29, 0.717) is 38.3 Å². The molecule has 0 radical (unpaired) electrons. The Labute approximate surface area is 124 Å². The lowest BCUT2D eigenvalue weighted by atomic mass is 9.80. The number of carboxylic acids is 1. The molecule has 2 N–H and O–H groups in total. The van der Waals surface area contributed by atoms with Gasteiger partial charge in [0.25, 0.3) is 0 Å². The second kappa shape index (κ2) is 6.03. The Morgan fingerprint density at radius 3 is 2.33 bits per heavy atom. The normalized spacial score (nSPS) is 18.1. The van der Waals surface area contributed by atoms with Gasteiger partial charge in [-0.2, -0.15) is 0 Å². The third-order valence-corrected chi connectivity index (χ3v) is 4.95. The molecule has 0 aliphatic carbocycles. The second-order valence-corrected chi connectivity index (χ2v) is 7.36. The molecule has 7 heteroatoms. The van der Waals surface area contributed by atoms with Gasteiger partial charge >= 0.3 is 5.97 Å². The Morgan fingerprint density at radius 2 is 1.86 bits per heavy atom. The van der Waals surface area contributed by atoms with Crippen molar-refractivity contribution in [3.8, 4) is 0 Å². The second-order valence-electron chi connectivity index (χ2n) is 5.35. The van der Waals surface area contributed by atoms with Crippen LogP contribution in [0.25, 0.3) is 0 Å². The fourth-order valence-corrected chi connectivity index (χ4v) is 2.95. The van der Waals surface area contributed by atoms with Crippen LogP contribution < -0.4 is 5.32 Å². The molecule has 116 valence electrons. The molecule has 1 aliphatic heterocycles. The highest BCUT2D eigenvalue weighted by Crippen LogP contribution is 2.31. The zero-order valence-corrected chi connectivity index (χ0v) is 12.6. The highest BCUT2D eigenvalue weighted by molar-refractivity contribution is 7.90. The summed E-state index contributed by atoms with van der Waals surface area (Å²) in [5, 5.41) is 12.5.